The Kier molecular flexibility index (Phi) is 3.94. The maximum Gasteiger partial charge on any atom is 0.326 e. The van der Waals surface area contributed by atoms with Crippen LogP contribution < -0.4 is 5.32 Å². The number of terminal acetylenes is 1. The standard InChI is InChI=1S/C10H15NO4S/c1-3-6-11-10(9(12)15-2)4-7-16(13,14)8-5-10/h1,11H,4-8H2,2H3. The molecule has 0 atom stereocenters. The van der Waals surface area contributed by atoms with E-state index in [1.54, 1.807) is 0 Å². The summed E-state index contributed by atoms with van der Waals surface area (Å²) in [4.78, 5) is 11.7. The second-order valence-corrected chi connectivity index (χ2v) is 6.09. The maximum absolute atomic E-state index is 11.7. The van der Waals surface area contributed by atoms with Crippen molar-refractivity contribution in [1.82, 2.24) is 5.32 Å². The predicted octanol–water partition coefficient (Wildman–Crippen LogP) is -0.670. The summed E-state index contributed by atoms with van der Waals surface area (Å²) >= 11 is 0. The summed E-state index contributed by atoms with van der Waals surface area (Å²) in [5.74, 6) is 1.90. The molecule has 0 aromatic carbocycles. The van der Waals surface area contributed by atoms with Crippen LogP contribution in [0, 0.1) is 12.3 Å². The molecule has 1 saturated heterocycles. The molecule has 1 aliphatic rings. The summed E-state index contributed by atoms with van der Waals surface area (Å²) in [5.41, 5.74) is -0.938. The zero-order valence-corrected chi connectivity index (χ0v) is 9.97. The first-order valence-corrected chi connectivity index (χ1v) is 6.75. The largest absolute Gasteiger partial charge is 0.468 e. The number of ether oxygens (including phenoxy) is 1. The van der Waals surface area contributed by atoms with Gasteiger partial charge in [-0.05, 0) is 12.8 Å². The highest BCUT2D eigenvalue weighted by Gasteiger charge is 2.43. The molecular formula is C10H15NO4S. The van der Waals surface area contributed by atoms with Crippen molar-refractivity contribution in [2.24, 2.45) is 0 Å². The highest BCUT2D eigenvalue weighted by atomic mass is 32.2. The van der Waals surface area contributed by atoms with Gasteiger partial charge in [-0.25, -0.2) is 8.42 Å². The normalized spacial score (nSPS) is 22.0. The third-order valence-electron chi connectivity index (χ3n) is 2.78. The molecule has 0 spiro atoms. The molecule has 90 valence electrons. The van der Waals surface area contributed by atoms with Crippen molar-refractivity contribution in [2.75, 3.05) is 25.2 Å². The minimum atomic E-state index is -3.02. The van der Waals surface area contributed by atoms with E-state index in [0.29, 0.717) is 0 Å². The van der Waals surface area contributed by atoms with Gasteiger partial charge in [0.05, 0.1) is 25.2 Å². The van der Waals surface area contributed by atoms with E-state index in [1.807, 2.05) is 0 Å². The lowest BCUT2D eigenvalue weighted by atomic mass is 9.92. The molecule has 0 aliphatic carbocycles. The van der Waals surface area contributed by atoms with Crippen LogP contribution >= 0.6 is 0 Å². The highest BCUT2D eigenvalue weighted by Crippen LogP contribution is 2.25. The van der Waals surface area contributed by atoms with Crippen LogP contribution in [0.2, 0.25) is 0 Å². The van der Waals surface area contributed by atoms with Gasteiger partial charge in [-0.3, -0.25) is 10.1 Å². The molecule has 1 fully saturated rings. The molecule has 0 radical (unpaired) electrons. The van der Waals surface area contributed by atoms with Crippen LogP contribution in [0.1, 0.15) is 12.8 Å². The van der Waals surface area contributed by atoms with Crippen molar-refractivity contribution in [3.8, 4) is 12.3 Å². The Morgan fingerprint density at radius 2 is 2.06 bits per heavy atom. The zero-order chi connectivity index (χ0) is 12.2. The fraction of sp³-hybridized carbons (Fsp3) is 0.700. The molecular weight excluding hydrogens is 230 g/mol. The fourth-order valence-corrected chi connectivity index (χ4v) is 3.28. The van der Waals surface area contributed by atoms with Gasteiger partial charge in [-0.1, -0.05) is 5.92 Å². The lowest BCUT2D eigenvalue weighted by Crippen LogP contribution is -2.57. The highest BCUT2D eigenvalue weighted by molar-refractivity contribution is 7.91. The summed E-state index contributed by atoms with van der Waals surface area (Å²) in [6.07, 6.45) is 5.54. The van der Waals surface area contributed by atoms with Crippen LogP contribution in [-0.2, 0) is 19.4 Å². The van der Waals surface area contributed by atoms with Crippen molar-refractivity contribution >= 4 is 15.8 Å². The van der Waals surface area contributed by atoms with Gasteiger partial charge >= 0.3 is 5.97 Å². The first-order valence-electron chi connectivity index (χ1n) is 4.93. The monoisotopic (exact) mass is 245 g/mol. The Bertz CT molecular complexity index is 393. The molecule has 1 heterocycles. The average molecular weight is 245 g/mol. The zero-order valence-electron chi connectivity index (χ0n) is 9.15. The Hall–Kier alpha value is -1.06. The van der Waals surface area contributed by atoms with Crippen molar-refractivity contribution in [3.63, 3.8) is 0 Å². The number of esters is 1. The van der Waals surface area contributed by atoms with Crippen LogP contribution in [0.3, 0.4) is 0 Å². The first kappa shape index (κ1) is 13.0. The number of hydrogen-bond acceptors (Lipinski definition) is 5. The second-order valence-electron chi connectivity index (χ2n) is 3.78. The van der Waals surface area contributed by atoms with E-state index < -0.39 is 21.3 Å². The van der Waals surface area contributed by atoms with Gasteiger partial charge in [-0.15, -0.1) is 6.42 Å². The van der Waals surface area contributed by atoms with E-state index in [4.69, 9.17) is 11.2 Å². The van der Waals surface area contributed by atoms with Crippen LogP contribution in [0.4, 0.5) is 0 Å². The fourth-order valence-electron chi connectivity index (χ4n) is 1.76. The van der Waals surface area contributed by atoms with Gasteiger partial charge in [0.2, 0.25) is 0 Å². The molecule has 0 saturated carbocycles. The van der Waals surface area contributed by atoms with Crippen molar-refractivity contribution in [2.45, 2.75) is 18.4 Å². The number of sulfone groups is 1. The number of methoxy groups -OCH3 is 1. The van der Waals surface area contributed by atoms with Crippen molar-refractivity contribution in [3.05, 3.63) is 0 Å². The number of rotatable bonds is 3. The smallest absolute Gasteiger partial charge is 0.326 e. The van der Waals surface area contributed by atoms with Gasteiger partial charge in [-0.2, -0.15) is 0 Å². The van der Waals surface area contributed by atoms with Crippen molar-refractivity contribution in [1.29, 1.82) is 0 Å². The lowest BCUT2D eigenvalue weighted by Gasteiger charge is -2.34. The molecule has 1 rings (SSSR count). The van der Waals surface area contributed by atoms with Gasteiger partial charge < -0.3 is 4.74 Å². The van der Waals surface area contributed by atoms with Gasteiger partial charge in [0.1, 0.15) is 15.4 Å². The van der Waals surface area contributed by atoms with Crippen LogP contribution in [-0.4, -0.2) is 45.1 Å². The predicted molar refractivity (Wildman–Crippen MR) is 59.5 cm³/mol. The molecule has 6 heteroatoms. The third-order valence-corrected chi connectivity index (χ3v) is 4.44. The Labute approximate surface area is 95.5 Å². The van der Waals surface area contributed by atoms with Gasteiger partial charge in [0.25, 0.3) is 0 Å². The minimum absolute atomic E-state index is 0.0142. The summed E-state index contributed by atoms with van der Waals surface area (Å²) in [6, 6.07) is 0. The number of carbonyl (C=O) groups excluding carboxylic acids is 1. The molecule has 16 heavy (non-hydrogen) atoms. The molecule has 5 nitrogen and oxygen atoms in total. The van der Waals surface area contributed by atoms with Crippen LogP contribution in [0.25, 0.3) is 0 Å². The molecule has 0 aromatic heterocycles. The molecule has 0 bridgehead atoms. The first-order chi connectivity index (χ1) is 7.46. The summed E-state index contributed by atoms with van der Waals surface area (Å²) in [7, 11) is -1.74. The van der Waals surface area contributed by atoms with E-state index in [1.165, 1.54) is 7.11 Å². The van der Waals surface area contributed by atoms with Crippen LogP contribution in [0.5, 0.6) is 0 Å². The molecule has 0 aromatic rings. The van der Waals surface area contributed by atoms with E-state index >= 15 is 0 Å². The number of carbonyl (C=O) groups is 1. The lowest BCUT2D eigenvalue weighted by molar-refractivity contribution is -0.149. The molecule has 0 unspecified atom stereocenters. The number of nitrogens with one attached hydrogen (secondary N) is 1. The third kappa shape index (κ3) is 2.74. The van der Waals surface area contributed by atoms with Gasteiger partial charge in [0.15, 0.2) is 0 Å². The molecule has 1 aliphatic heterocycles. The second kappa shape index (κ2) is 4.85. The Balaban J connectivity index is 2.83. The number of hydrogen-bond donors (Lipinski definition) is 1. The van der Waals surface area contributed by atoms with E-state index in [-0.39, 0.29) is 30.9 Å². The van der Waals surface area contributed by atoms with Gasteiger partial charge in [0, 0.05) is 0 Å². The summed E-state index contributed by atoms with van der Waals surface area (Å²) in [6.45, 7) is 0.217. The topological polar surface area (TPSA) is 72.5 Å². The Morgan fingerprint density at radius 3 is 2.50 bits per heavy atom. The summed E-state index contributed by atoms with van der Waals surface area (Å²) in [5, 5.41) is 2.90. The SMILES string of the molecule is C#CCNC1(C(=O)OC)CCS(=O)(=O)CC1. The Morgan fingerprint density at radius 1 is 1.50 bits per heavy atom. The quantitative estimate of drug-likeness (QED) is 0.527. The molecule has 0 amide bonds. The van der Waals surface area contributed by atoms with Crippen molar-refractivity contribution < 1.29 is 17.9 Å². The average Bonchev–Trinajstić information content (AvgIpc) is 2.27. The minimum Gasteiger partial charge on any atom is -0.468 e. The van der Waals surface area contributed by atoms with E-state index in [2.05, 4.69) is 11.2 Å². The van der Waals surface area contributed by atoms with E-state index in [0.717, 1.165) is 0 Å². The molecule has 1 N–H and O–H groups in total. The summed E-state index contributed by atoms with van der Waals surface area (Å²) < 4.78 is 27.3. The van der Waals surface area contributed by atoms with E-state index in [9.17, 15) is 13.2 Å². The van der Waals surface area contributed by atoms with Crippen LogP contribution in [0.15, 0.2) is 0 Å². The maximum atomic E-state index is 11.7.